The van der Waals surface area contributed by atoms with Gasteiger partial charge in [-0.05, 0) is 85.4 Å². The lowest BCUT2D eigenvalue weighted by molar-refractivity contribution is 0.176. The molecule has 20 heavy (non-hydrogen) atoms. The molecule has 3 aliphatic carbocycles. The van der Waals surface area contributed by atoms with Crippen molar-refractivity contribution < 1.29 is 0 Å². The van der Waals surface area contributed by atoms with E-state index < -0.39 is 0 Å². The maximum Gasteiger partial charge on any atom is -0.0246 e. The monoisotopic (exact) mass is 276 g/mol. The molecule has 0 aliphatic heterocycles. The molecule has 0 heteroatoms. The first-order valence-electron chi connectivity index (χ1n) is 9.45. The van der Waals surface area contributed by atoms with Crippen LogP contribution in [-0.4, -0.2) is 0 Å². The SMILES string of the molecule is CC1CCC1CCC1C(C)C1CCC1(C(C)C)CC1C. The van der Waals surface area contributed by atoms with Crippen molar-refractivity contribution in [2.45, 2.75) is 79.6 Å². The second kappa shape index (κ2) is 5.33. The second-order valence-corrected chi connectivity index (χ2v) is 9.11. The fourth-order valence-electron chi connectivity index (χ4n) is 5.55. The predicted molar refractivity (Wildman–Crippen MR) is 87.6 cm³/mol. The Bertz CT molecular complexity index is 344. The molecule has 7 atom stereocenters. The summed E-state index contributed by atoms with van der Waals surface area (Å²) in [5, 5.41) is 0. The third kappa shape index (κ3) is 2.57. The molecule has 3 aliphatic rings. The van der Waals surface area contributed by atoms with Gasteiger partial charge in [0.1, 0.15) is 0 Å². The van der Waals surface area contributed by atoms with Gasteiger partial charge in [-0.1, -0.05) is 41.0 Å². The highest BCUT2D eigenvalue weighted by Gasteiger charge is 2.54. The standard InChI is InChI=1S/C20H36/c1-13(2)20(12-15(20)4)11-10-19-16(5)18(19)9-8-17-7-6-14(17)3/h13-19H,6-12H2,1-5H3. The highest BCUT2D eigenvalue weighted by molar-refractivity contribution is 5.04. The molecule has 0 aromatic rings. The van der Waals surface area contributed by atoms with Crippen molar-refractivity contribution in [3.8, 4) is 0 Å². The Labute approximate surface area is 127 Å². The van der Waals surface area contributed by atoms with Gasteiger partial charge in [-0.15, -0.1) is 0 Å². The summed E-state index contributed by atoms with van der Waals surface area (Å²) >= 11 is 0. The van der Waals surface area contributed by atoms with Crippen molar-refractivity contribution in [1.82, 2.24) is 0 Å². The lowest BCUT2D eigenvalue weighted by Crippen LogP contribution is -2.22. The lowest BCUT2D eigenvalue weighted by Gasteiger charge is -2.34. The Morgan fingerprint density at radius 1 is 0.950 bits per heavy atom. The van der Waals surface area contributed by atoms with Crippen LogP contribution in [-0.2, 0) is 0 Å². The van der Waals surface area contributed by atoms with Gasteiger partial charge in [-0.25, -0.2) is 0 Å². The molecule has 0 N–H and O–H groups in total. The van der Waals surface area contributed by atoms with Gasteiger partial charge >= 0.3 is 0 Å². The highest BCUT2D eigenvalue weighted by Crippen LogP contribution is 2.63. The zero-order valence-corrected chi connectivity index (χ0v) is 14.5. The zero-order chi connectivity index (χ0) is 14.5. The van der Waals surface area contributed by atoms with E-state index in [0.29, 0.717) is 0 Å². The van der Waals surface area contributed by atoms with Crippen molar-refractivity contribution >= 4 is 0 Å². The molecule has 0 heterocycles. The first-order chi connectivity index (χ1) is 9.45. The van der Waals surface area contributed by atoms with Gasteiger partial charge in [-0.3, -0.25) is 0 Å². The Kier molecular flexibility index (Phi) is 3.97. The molecule has 0 radical (unpaired) electrons. The summed E-state index contributed by atoms with van der Waals surface area (Å²) in [6, 6.07) is 0. The van der Waals surface area contributed by atoms with Gasteiger partial charge in [0.05, 0.1) is 0 Å². The summed E-state index contributed by atoms with van der Waals surface area (Å²) < 4.78 is 0. The Morgan fingerprint density at radius 2 is 1.60 bits per heavy atom. The van der Waals surface area contributed by atoms with Crippen molar-refractivity contribution in [1.29, 1.82) is 0 Å². The van der Waals surface area contributed by atoms with E-state index in [1.54, 1.807) is 12.8 Å². The van der Waals surface area contributed by atoms with Gasteiger partial charge in [-0.2, -0.15) is 0 Å². The van der Waals surface area contributed by atoms with Gasteiger partial charge in [0.15, 0.2) is 0 Å². The highest BCUT2D eigenvalue weighted by atomic mass is 14.6. The largest absolute Gasteiger partial charge is 0.0622 e. The first kappa shape index (κ1) is 14.9. The average molecular weight is 277 g/mol. The topological polar surface area (TPSA) is 0 Å². The van der Waals surface area contributed by atoms with Crippen LogP contribution in [0.1, 0.15) is 79.6 Å². The second-order valence-electron chi connectivity index (χ2n) is 9.11. The van der Waals surface area contributed by atoms with Crippen LogP contribution in [0.3, 0.4) is 0 Å². The minimum Gasteiger partial charge on any atom is -0.0622 e. The van der Waals surface area contributed by atoms with Crippen LogP contribution in [0.2, 0.25) is 0 Å². The van der Waals surface area contributed by atoms with Crippen LogP contribution in [0.4, 0.5) is 0 Å². The third-order valence-corrected chi connectivity index (χ3v) is 8.03. The van der Waals surface area contributed by atoms with E-state index in [-0.39, 0.29) is 0 Å². The van der Waals surface area contributed by atoms with Crippen LogP contribution < -0.4 is 0 Å². The molecule has 3 saturated carbocycles. The molecule has 0 spiro atoms. The van der Waals surface area contributed by atoms with Crippen molar-refractivity contribution in [3.63, 3.8) is 0 Å². The fourth-order valence-corrected chi connectivity index (χ4v) is 5.55. The van der Waals surface area contributed by atoms with Gasteiger partial charge in [0.2, 0.25) is 0 Å². The van der Waals surface area contributed by atoms with Crippen LogP contribution in [0.25, 0.3) is 0 Å². The Morgan fingerprint density at radius 3 is 2.05 bits per heavy atom. The van der Waals surface area contributed by atoms with Gasteiger partial charge < -0.3 is 0 Å². The molecule has 0 aromatic heterocycles. The van der Waals surface area contributed by atoms with E-state index >= 15 is 0 Å². The molecule has 116 valence electrons. The first-order valence-corrected chi connectivity index (χ1v) is 9.45. The van der Waals surface area contributed by atoms with Crippen LogP contribution in [0, 0.1) is 46.8 Å². The van der Waals surface area contributed by atoms with Gasteiger partial charge in [0, 0.05) is 0 Å². The van der Waals surface area contributed by atoms with Crippen LogP contribution in [0.15, 0.2) is 0 Å². The molecule has 3 fully saturated rings. The Balaban J connectivity index is 1.39. The van der Waals surface area contributed by atoms with Crippen LogP contribution in [0.5, 0.6) is 0 Å². The third-order valence-electron chi connectivity index (χ3n) is 8.03. The van der Waals surface area contributed by atoms with Crippen molar-refractivity contribution in [3.05, 3.63) is 0 Å². The maximum atomic E-state index is 2.53. The number of rotatable bonds is 7. The van der Waals surface area contributed by atoms with E-state index in [1.165, 1.54) is 32.1 Å². The molecule has 3 rings (SSSR count). The molecule has 0 saturated heterocycles. The van der Waals surface area contributed by atoms with Crippen molar-refractivity contribution in [2.24, 2.45) is 46.8 Å². The normalized spacial score (nSPS) is 50.1. The average Bonchev–Trinajstić information content (AvgIpc) is 3.23. The summed E-state index contributed by atoms with van der Waals surface area (Å²) in [4.78, 5) is 0. The van der Waals surface area contributed by atoms with Crippen molar-refractivity contribution in [2.75, 3.05) is 0 Å². The molecular weight excluding hydrogens is 240 g/mol. The number of hydrogen-bond acceptors (Lipinski definition) is 0. The lowest BCUT2D eigenvalue weighted by atomic mass is 9.72. The summed E-state index contributed by atoms with van der Waals surface area (Å²) in [7, 11) is 0. The minimum absolute atomic E-state index is 0.745. The van der Waals surface area contributed by atoms with E-state index in [2.05, 4.69) is 34.6 Å². The Hall–Kier alpha value is 0. The summed E-state index contributed by atoms with van der Waals surface area (Å²) in [5.74, 6) is 7.28. The summed E-state index contributed by atoms with van der Waals surface area (Å²) in [5.41, 5.74) is 0.745. The molecule has 0 bridgehead atoms. The molecule has 7 unspecified atom stereocenters. The van der Waals surface area contributed by atoms with Crippen LogP contribution >= 0.6 is 0 Å². The molecule has 0 amide bonds. The summed E-state index contributed by atoms with van der Waals surface area (Å²) in [6.45, 7) is 12.4. The summed E-state index contributed by atoms with van der Waals surface area (Å²) in [6.07, 6.45) is 10.7. The van der Waals surface area contributed by atoms with Gasteiger partial charge in [0.25, 0.3) is 0 Å². The van der Waals surface area contributed by atoms with E-state index in [0.717, 1.165) is 46.8 Å². The molecule has 0 aromatic carbocycles. The molecular formula is C20H36. The van der Waals surface area contributed by atoms with E-state index in [9.17, 15) is 0 Å². The maximum absolute atomic E-state index is 2.53. The van der Waals surface area contributed by atoms with E-state index in [1.807, 2.05) is 0 Å². The quantitative estimate of drug-likeness (QED) is 0.522. The predicted octanol–water partition coefficient (Wildman–Crippen LogP) is 6.16. The smallest absolute Gasteiger partial charge is 0.0246 e. The zero-order valence-electron chi connectivity index (χ0n) is 14.5. The van der Waals surface area contributed by atoms with E-state index in [4.69, 9.17) is 0 Å². The molecule has 0 nitrogen and oxygen atoms in total. The fraction of sp³-hybridized carbons (Fsp3) is 1.00. The number of hydrogen-bond donors (Lipinski definition) is 0. The minimum atomic E-state index is 0.745.